The predicted octanol–water partition coefficient (Wildman–Crippen LogP) is 0.497. The number of nitrogens with zero attached hydrogens (tertiary/aromatic N) is 6. The first-order valence-corrected chi connectivity index (χ1v) is 5.90. The van der Waals surface area contributed by atoms with Crippen LogP contribution in [0.5, 0.6) is 0 Å². The Hall–Kier alpha value is -3.03. The number of benzene rings is 1. The maximum atomic E-state index is 11.8. The van der Waals surface area contributed by atoms with Crippen molar-refractivity contribution in [3.05, 3.63) is 49.3 Å². The van der Waals surface area contributed by atoms with Crippen LogP contribution in [0.4, 0.5) is 5.69 Å². The molecule has 3 rings (SSSR count). The van der Waals surface area contributed by atoms with E-state index in [1.165, 1.54) is 11.0 Å². The molecule has 2 aromatic heterocycles. The zero-order valence-corrected chi connectivity index (χ0v) is 10.4. The van der Waals surface area contributed by atoms with Gasteiger partial charge in [0.05, 0.1) is 6.33 Å². The number of imidazole rings is 1. The summed E-state index contributed by atoms with van der Waals surface area (Å²) in [7, 11) is 0. The molecule has 0 aliphatic carbocycles. The molecule has 8 nitrogen and oxygen atoms in total. The Kier molecular flexibility index (Phi) is 3.19. The van der Waals surface area contributed by atoms with E-state index >= 15 is 0 Å². The number of aromatic nitrogens is 6. The molecule has 1 amide bonds. The normalized spacial score (nSPS) is 10.4. The molecule has 0 aliphatic heterocycles. The monoisotopic (exact) mass is 269 g/mol. The highest BCUT2D eigenvalue weighted by Gasteiger charge is 2.04. The second-order valence-electron chi connectivity index (χ2n) is 4.07. The summed E-state index contributed by atoms with van der Waals surface area (Å²) in [5, 5.41) is 13.3. The zero-order chi connectivity index (χ0) is 13.8. The molecule has 0 saturated carbocycles. The summed E-state index contributed by atoms with van der Waals surface area (Å²) in [6, 6.07) is 7.45. The van der Waals surface area contributed by atoms with Crippen molar-refractivity contribution in [3.8, 4) is 5.69 Å². The van der Waals surface area contributed by atoms with Crippen LogP contribution in [0, 0.1) is 0 Å². The fraction of sp³-hybridized carbons (Fsp3) is 0.0833. The number of hydrogen-bond donors (Lipinski definition) is 1. The van der Waals surface area contributed by atoms with E-state index in [1.807, 2.05) is 35.0 Å². The van der Waals surface area contributed by atoms with Crippen LogP contribution in [0.1, 0.15) is 0 Å². The quantitative estimate of drug-likeness (QED) is 0.744. The van der Waals surface area contributed by atoms with Crippen molar-refractivity contribution in [2.24, 2.45) is 0 Å². The molecule has 3 aromatic rings. The molecule has 1 aromatic carbocycles. The van der Waals surface area contributed by atoms with Gasteiger partial charge in [0.2, 0.25) is 5.91 Å². The molecule has 8 heteroatoms. The molecular formula is C12H11N7O. The number of amides is 1. The highest BCUT2D eigenvalue weighted by atomic mass is 16.2. The van der Waals surface area contributed by atoms with E-state index in [1.54, 1.807) is 12.5 Å². The minimum absolute atomic E-state index is 0.0796. The van der Waals surface area contributed by atoms with Gasteiger partial charge in [-0.25, -0.2) is 9.67 Å². The fourth-order valence-electron chi connectivity index (χ4n) is 1.73. The maximum absolute atomic E-state index is 11.8. The molecule has 100 valence electrons. The van der Waals surface area contributed by atoms with Crippen LogP contribution in [0.2, 0.25) is 0 Å². The van der Waals surface area contributed by atoms with Crippen molar-refractivity contribution in [1.29, 1.82) is 0 Å². The molecule has 0 aliphatic rings. The van der Waals surface area contributed by atoms with Gasteiger partial charge in [0.25, 0.3) is 0 Å². The summed E-state index contributed by atoms with van der Waals surface area (Å²) >= 11 is 0. The van der Waals surface area contributed by atoms with Crippen molar-refractivity contribution in [1.82, 2.24) is 29.8 Å². The van der Waals surface area contributed by atoms with Gasteiger partial charge in [-0.15, -0.1) is 5.10 Å². The Bertz CT molecular complexity index is 673. The summed E-state index contributed by atoms with van der Waals surface area (Å²) in [5.41, 5.74) is 1.69. The Labute approximate surface area is 114 Å². The molecule has 0 unspecified atom stereocenters. The summed E-state index contributed by atoms with van der Waals surface area (Å²) in [6.45, 7) is 0.0796. The second kappa shape index (κ2) is 5.31. The average molecular weight is 269 g/mol. The third-order valence-corrected chi connectivity index (χ3v) is 2.65. The third kappa shape index (κ3) is 2.69. The molecule has 1 N–H and O–H groups in total. The van der Waals surface area contributed by atoms with Crippen LogP contribution in [0.25, 0.3) is 5.69 Å². The first kappa shape index (κ1) is 12.0. The molecular weight excluding hydrogens is 258 g/mol. The maximum Gasteiger partial charge on any atom is 0.246 e. The predicted molar refractivity (Wildman–Crippen MR) is 70.0 cm³/mol. The first-order chi connectivity index (χ1) is 9.81. The number of tetrazole rings is 1. The van der Waals surface area contributed by atoms with Gasteiger partial charge >= 0.3 is 0 Å². The van der Waals surface area contributed by atoms with Crippen LogP contribution in [-0.2, 0) is 11.3 Å². The molecule has 0 saturated heterocycles. The molecule has 0 bridgehead atoms. The average Bonchev–Trinajstić information content (AvgIpc) is 3.12. The number of rotatable bonds is 4. The van der Waals surface area contributed by atoms with Gasteiger partial charge in [0.1, 0.15) is 12.9 Å². The number of hydrogen-bond acceptors (Lipinski definition) is 5. The Morgan fingerprint density at radius 3 is 2.70 bits per heavy atom. The Morgan fingerprint density at radius 2 is 2.05 bits per heavy atom. The summed E-state index contributed by atoms with van der Waals surface area (Å²) in [4.78, 5) is 15.7. The van der Waals surface area contributed by atoms with Gasteiger partial charge in [-0.3, -0.25) is 4.79 Å². The lowest BCUT2D eigenvalue weighted by Crippen LogP contribution is -2.19. The fourth-order valence-corrected chi connectivity index (χ4v) is 1.73. The van der Waals surface area contributed by atoms with Crippen molar-refractivity contribution in [3.63, 3.8) is 0 Å². The zero-order valence-electron chi connectivity index (χ0n) is 10.4. The highest BCUT2D eigenvalue weighted by Crippen LogP contribution is 2.12. The van der Waals surface area contributed by atoms with Crippen LogP contribution >= 0.6 is 0 Å². The van der Waals surface area contributed by atoms with E-state index in [9.17, 15) is 4.79 Å². The first-order valence-electron chi connectivity index (χ1n) is 5.90. The second-order valence-corrected chi connectivity index (χ2v) is 4.07. The summed E-state index contributed by atoms with van der Waals surface area (Å²) < 4.78 is 3.24. The standard InChI is InChI=1S/C12H11N7O/c20-12(7-19-9-14-16-17-19)15-10-1-3-11(4-2-10)18-6-5-13-8-18/h1-6,8-9H,7H2,(H,15,20). The van der Waals surface area contributed by atoms with Crippen molar-refractivity contribution in [2.45, 2.75) is 6.54 Å². The minimum atomic E-state index is -0.187. The van der Waals surface area contributed by atoms with Gasteiger partial charge in [-0.2, -0.15) is 0 Å². The SMILES string of the molecule is O=C(Cn1cnnn1)Nc1ccc(-n2ccnc2)cc1. The molecule has 0 radical (unpaired) electrons. The van der Waals surface area contributed by atoms with Gasteiger partial charge < -0.3 is 9.88 Å². The third-order valence-electron chi connectivity index (χ3n) is 2.65. The van der Waals surface area contributed by atoms with Crippen molar-refractivity contribution >= 4 is 11.6 Å². The van der Waals surface area contributed by atoms with Gasteiger partial charge in [0.15, 0.2) is 0 Å². The molecule has 0 atom stereocenters. The summed E-state index contributed by atoms with van der Waals surface area (Å²) in [5.74, 6) is -0.187. The lowest BCUT2D eigenvalue weighted by Gasteiger charge is -2.06. The van der Waals surface area contributed by atoms with Crippen LogP contribution in [0.3, 0.4) is 0 Å². The summed E-state index contributed by atoms with van der Waals surface area (Å²) in [6.07, 6.45) is 6.67. The lowest BCUT2D eigenvalue weighted by molar-refractivity contribution is -0.116. The van der Waals surface area contributed by atoms with Crippen LogP contribution in [0.15, 0.2) is 49.3 Å². The van der Waals surface area contributed by atoms with Crippen molar-refractivity contribution in [2.75, 3.05) is 5.32 Å². The molecule has 0 fully saturated rings. The van der Waals surface area contributed by atoms with E-state index in [0.29, 0.717) is 5.69 Å². The minimum Gasteiger partial charge on any atom is -0.324 e. The van der Waals surface area contributed by atoms with Crippen LogP contribution < -0.4 is 5.32 Å². The van der Waals surface area contributed by atoms with Gasteiger partial charge in [0, 0.05) is 23.8 Å². The van der Waals surface area contributed by atoms with Gasteiger partial charge in [-0.05, 0) is 34.7 Å². The van der Waals surface area contributed by atoms with Crippen LogP contribution in [-0.4, -0.2) is 35.7 Å². The highest BCUT2D eigenvalue weighted by molar-refractivity contribution is 5.90. The number of carbonyl (C=O) groups is 1. The number of carbonyl (C=O) groups excluding carboxylic acids is 1. The van der Waals surface area contributed by atoms with E-state index < -0.39 is 0 Å². The van der Waals surface area contributed by atoms with Crippen molar-refractivity contribution < 1.29 is 4.79 Å². The topological polar surface area (TPSA) is 90.5 Å². The van der Waals surface area contributed by atoms with E-state index in [2.05, 4.69) is 25.8 Å². The van der Waals surface area contributed by atoms with E-state index in [-0.39, 0.29) is 12.5 Å². The molecule has 0 spiro atoms. The van der Waals surface area contributed by atoms with Gasteiger partial charge in [-0.1, -0.05) is 0 Å². The molecule has 20 heavy (non-hydrogen) atoms. The number of anilines is 1. The largest absolute Gasteiger partial charge is 0.324 e. The van der Waals surface area contributed by atoms with E-state index in [0.717, 1.165) is 5.69 Å². The lowest BCUT2D eigenvalue weighted by atomic mass is 10.2. The smallest absolute Gasteiger partial charge is 0.246 e. The Morgan fingerprint density at radius 1 is 1.20 bits per heavy atom. The number of nitrogens with one attached hydrogen (secondary N) is 1. The Balaban J connectivity index is 1.65. The molecule has 2 heterocycles. The van der Waals surface area contributed by atoms with E-state index in [4.69, 9.17) is 0 Å².